The van der Waals surface area contributed by atoms with Gasteiger partial charge >= 0.3 is 6.09 Å². The fourth-order valence-electron chi connectivity index (χ4n) is 3.40. The number of carbonyl (C=O) groups excluding carboxylic acids is 1. The van der Waals surface area contributed by atoms with Crippen LogP contribution in [0.1, 0.15) is 119 Å². The predicted molar refractivity (Wildman–Crippen MR) is 141 cm³/mol. The van der Waals surface area contributed by atoms with Crippen LogP contribution < -0.4 is 5.32 Å². The van der Waals surface area contributed by atoms with Crippen molar-refractivity contribution in [3.63, 3.8) is 0 Å². The van der Waals surface area contributed by atoms with E-state index in [0.29, 0.717) is 6.54 Å². The molecule has 3 heteroatoms. The molecule has 1 atom stereocenters. The van der Waals surface area contributed by atoms with Crippen LogP contribution in [0.2, 0.25) is 0 Å². The van der Waals surface area contributed by atoms with Gasteiger partial charge in [0, 0.05) is 6.54 Å². The molecular formula is C29H51NO2. The van der Waals surface area contributed by atoms with Crippen molar-refractivity contribution >= 4 is 6.09 Å². The van der Waals surface area contributed by atoms with E-state index in [0.717, 1.165) is 64.2 Å². The SMILES string of the molecule is CCCCCNC(=O)OC(C)CC/C=C(\C)CC/C=C(\C)CC/C=C(\C)CCC=C(C)C. The van der Waals surface area contributed by atoms with Gasteiger partial charge in [0.2, 0.25) is 0 Å². The quantitative estimate of drug-likeness (QED) is 0.179. The molecule has 0 fully saturated rings. The van der Waals surface area contributed by atoms with Gasteiger partial charge in [-0.1, -0.05) is 66.4 Å². The van der Waals surface area contributed by atoms with Crippen LogP contribution in [0.25, 0.3) is 0 Å². The second-order valence-corrected chi connectivity index (χ2v) is 9.48. The lowest BCUT2D eigenvalue weighted by Crippen LogP contribution is -2.28. The molecule has 0 aromatic heterocycles. The molecule has 0 aliphatic heterocycles. The molecule has 1 unspecified atom stereocenters. The molecule has 1 N–H and O–H groups in total. The van der Waals surface area contributed by atoms with Gasteiger partial charge in [0.25, 0.3) is 0 Å². The molecule has 0 bridgehead atoms. The molecule has 0 radical (unpaired) electrons. The average Bonchev–Trinajstić information content (AvgIpc) is 2.71. The fourth-order valence-corrected chi connectivity index (χ4v) is 3.40. The molecule has 0 spiro atoms. The van der Waals surface area contributed by atoms with Crippen molar-refractivity contribution in [3.05, 3.63) is 46.6 Å². The highest BCUT2D eigenvalue weighted by Crippen LogP contribution is 2.14. The van der Waals surface area contributed by atoms with Gasteiger partial charge in [-0.2, -0.15) is 0 Å². The van der Waals surface area contributed by atoms with E-state index in [1.54, 1.807) is 0 Å². The largest absolute Gasteiger partial charge is 0.447 e. The Morgan fingerprint density at radius 2 is 1.28 bits per heavy atom. The van der Waals surface area contributed by atoms with E-state index < -0.39 is 0 Å². The minimum atomic E-state index is -0.284. The van der Waals surface area contributed by atoms with E-state index in [1.807, 2.05) is 6.92 Å². The highest BCUT2D eigenvalue weighted by Gasteiger charge is 2.07. The molecule has 0 saturated heterocycles. The number of amides is 1. The van der Waals surface area contributed by atoms with E-state index in [2.05, 4.69) is 71.2 Å². The first-order chi connectivity index (χ1) is 15.2. The molecule has 0 aromatic rings. The molecule has 1 amide bonds. The maximum absolute atomic E-state index is 11.7. The number of hydrogen-bond acceptors (Lipinski definition) is 2. The lowest BCUT2D eigenvalue weighted by atomic mass is 10.0. The Labute approximate surface area is 199 Å². The van der Waals surface area contributed by atoms with Gasteiger partial charge in [-0.15, -0.1) is 0 Å². The van der Waals surface area contributed by atoms with Crippen molar-refractivity contribution in [2.24, 2.45) is 0 Å². The summed E-state index contributed by atoms with van der Waals surface area (Å²) in [4.78, 5) is 11.7. The summed E-state index contributed by atoms with van der Waals surface area (Å²) in [7, 11) is 0. The summed E-state index contributed by atoms with van der Waals surface area (Å²) in [6.07, 6.45) is 21.0. The van der Waals surface area contributed by atoms with Crippen molar-refractivity contribution in [1.82, 2.24) is 5.32 Å². The van der Waals surface area contributed by atoms with Gasteiger partial charge in [0.05, 0.1) is 0 Å². The number of nitrogens with one attached hydrogen (secondary N) is 1. The number of carbonyl (C=O) groups is 1. The molecule has 0 rings (SSSR count). The van der Waals surface area contributed by atoms with Gasteiger partial charge in [-0.05, 0) is 99.3 Å². The van der Waals surface area contributed by atoms with E-state index >= 15 is 0 Å². The fraction of sp³-hybridized carbons (Fsp3) is 0.690. The van der Waals surface area contributed by atoms with Gasteiger partial charge in [0.15, 0.2) is 0 Å². The van der Waals surface area contributed by atoms with Crippen molar-refractivity contribution in [2.45, 2.75) is 125 Å². The van der Waals surface area contributed by atoms with Gasteiger partial charge < -0.3 is 10.1 Å². The molecule has 0 aliphatic carbocycles. The number of allylic oxidation sites excluding steroid dienone is 8. The number of rotatable bonds is 17. The van der Waals surface area contributed by atoms with Crippen LogP contribution in [0.4, 0.5) is 4.79 Å². The lowest BCUT2D eigenvalue weighted by Gasteiger charge is -2.13. The zero-order chi connectivity index (χ0) is 24.2. The summed E-state index contributed by atoms with van der Waals surface area (Å²) in [6, 6.07) is 0. The minimum Gasteiger partial charge on any atom is -0.447 e. The average molecular weight is 446 g/mol. The topological polar surface area (TPSA) is 38.3 Å². The summed E-state index contributed by atoms with van der Waals surface area (Å²) in [6.45, 7) is 15.9. The first kappa shape index (κ1) is 30.2. The van der Waals surface area contributed by atoms with E-state index in [-0.39, 0.29) is 12.2 Å². The maximum atomic E-state index is 11.7. The van der Waals surface area contributed by atoms with E-state index in [1.165, 1.54) is 28.7 Å². The van der Waals surface area contributed by atoms with Crippen LogP contribution in [0, 0.1) is 0 Å². The first-order valence-electron chi connectivity index (χ1n) is 12.8. The van der Waals surface area contributed by atoms with Crippen molar-refractivity contribution in [3.8, 4) is 0 Å². The van der Waals surface area contributed by atoms with Crippen LogP contribution >= 0.6 is 0 Å². The number of unbranched alkanes of at least 4 members (excludes halogenated alkanes) is 2. The Kier molecular flexibility index (Phi) is 18.8. The van der Waals surface area contributed by atoms with Crippen molar-refractivity contribution < 1.29 is 9.53 Å². The van der Waals surface area contributed by atoms with Gasteiger partial charge in [0.1, 0.15) is 6.10 Å². The van der Waals surface area contributed by atoms with Crippen molar-refractivity contribution in [2.75, 3.05) is 6.54 Å². The molecule has 0 saturated carbocycles. The highest BCUT2D eigenvalue weighted by molar-refractivity contribution is 5.67. The predicted octanol–water partition coefficient (Wildman–Crippen LogP) is 9.22. The number of ether oxygens (including phenoxy) is 1. The molecule has 0 aromatic carbocycles. The number of hydrogen-bond donors (Lipinski definition) is 1. The molecule has 32 heavy (non-hydrogen) atoms. The highest BCUT2D eigenvalue weighted by atomic mass is 16.6. The third kappa shape index (κ3) is 20.2. The zero-order valence-corrected chi connectivity index (χ0v) is 22.2. The Bertz CT molecular complexity index is 621. The van der Waals surface area contributed by atoms with E-state index in [4.69, 9.17) is 4.74 Å². The van der Waals surface area contributed by atoms with Crippen LogP contribution in [0.5, 0.6) is 0 Å². The monoisotopic (exact) mass is 445 g/mol. The lowest BCUT2D eigenvalue weighted by molar-refractivity contribution is 0.103. The summed E-state index contributed by atoms with van der Waals surface area (Å²) in [5.74, 6) is 0. The molecule has 3 nitrogen and oxygen atoms in total. The third-order valence-corrected chi connectivity index (χ3v) is 5.58. The second kappa shape index (κ2) is 19.9. The first-order valence-corrected chi connectivity index (χ1v) is 12.8. The Hall–Kier alpha value is -1.77. The van der Waals surface area contributed by atoms with Crippen LogP contribution in [-0.4, -0.2) is 18.7 Å². The zero-order valence-electron chi connectivity index (χ0n) is 22.2. The Morgan fingerprint density at radius 3 is 1.78 bits per heavy atom. The molecule has 184 valence electrons. The summed E-state index contributed by atoms with van der Waals surface area (Å²) in [5, 5.41) is 2.83. The van der Waals surface area contributed by atoms with Crippen LogP contribution in [0.15, 0.2) is 46.6 Å². The van der Waals surface area contributed by atoms with Crippen LogP contribution in [-0.2, 0) is 4.74 Å². The molecule has 0 heterocycles. The normalized spacial score (nSPS) is 13.7. The summed E-state index contributed by atoms with van der Waals surface area (Å²) >= 11 is 0. The second-order valence-electron chi connectivity index (χ2n) is 9.48. The molecule has 0 aliphatic rings. The molecular weight excluding hydrogens is 394 g/mol. The van der Waals surface area contributed by atoms with Crippen LogP contribution in [0.3, 0.4) is 0 Å². The van der Waals surface area contributed by atoms with Gasteiger partial charge in [-0.25, -0.2) is 4.79 Å². The third-order valence-electron chi connectivity index (χ3n) is 5.58. The van der Waals surface area contributed by atoms with Gasteiger partial charge in [-0.3, -0.25) is 0 Å². The Morgan fingerprint density at radius 1 is 0.781 bits per heavy atom. The van der Waals surface area contributed by atoms with Crippen molar-refractivity contribution in [1.29, 1.82) is 0 Å². The summed E-state index contributed by atoms with van der Waals surface area (Å²) in [5.41, 5.74) is 5.81. The smallest absolute Gasteiger partial charge is 0.407 e. The van der Waals surface area contributed by atoms with E-state index in [9.17, 15) is 4.79 Å². The number of alkyl carbamates (subject to hydrolysis) is 1. The summed E-state index contributed by atoms with van der Waals surface area (Å²) < 4.78 is 5.41. The minimum absolute atomic E-state index is 0.0501. The standard InChI is InChI=1S/C29H51NO2/c1-8-9-10-23-30-29(31)32-28(7)22-14-21-27(6)20-13-19-26(5)18-12-17-25(4)16-11-15-24(2)3/h15,17,19,21,28H,8-14,16,18,20,22-23H2,1-7H3,(H,30,31)/b25-17+,26-19+,27-21+. The Balaban J connectivity index is 4.00. The maximum Gasteiger partial charge on any atom is 0.407 e.